The number of benzene rings is 1. The Morgan fingerprint density at radius 3 is 2.75 bits per heavy atom. The average molecular weight is 212 g/mol. The number of nitrogens with one attached hydrogen (secondary N) is 1. The maximum Gasteiger partial charge on any atom is 0.0701 e. The maximum atomic E-state index is 9.06. The lowest BCUT2D eigenvalue weighted by Crippen LogP contribution is -2.18. The second kappa shape index (κ2) is 3.38. The molecule has 82 valence electrons. The van der Waals surface area contributed by atoms with Crippen LogP contribution in [0, 0.1) is 11.3 Å². The molecule has 1 aliphatic heterocycles. The van der Waals surface area contributed by atoms with Crippen LogP contribution in [0.1, 0.15) is 37.8 Å². The first kappa shape index (κ1) is 10.8. The van der Waals surface area contributed by atoms with Crippen molar-refractivity contribution in [3.63, 3.8) is 0 Å². The van der Waals surface area contributed by atoms with Gasteiger partial charge in [-0.25, -0.2) is 0 Å². The van der Waals surface area contributed by atoms with E-state index < -0.39 is 0 Å². The molecule has 2 rings (SSSR count). The highest BCUT2D eigenvalue weighted by atomic mass is 14.9. The first-order valence-electron chi connectivity index (χ1n) is 5.48. The predicted molar refractivity (Wildman–Crippen MR) is 66.3 cm³/mol. The second-order valence-electron chi connectivity index (χ2n) is 4.85. The fourth-order valence-corrected chi connectivity index (χ4v) is 2.27. The van der Waals surface area contributed by atoms with Crippen molar-refractivity contribution in [2.45, 2.75) is 32.1 Å². The SMILES string of the molecule is C=C1Nc2cccc(C(C)C#N)c2C1(C)C. The number of rotatable bonds is 1. The molecule has 0 aromatic heterocycles. The molecule has 1 atom stereocenters. The van der Waals surface area contributed by atoms with Crippen LogP contribution in [0.2, 0.25) is 0 Å². The summed E-state index contributed by atoms with van der Waals surface area (Å²) >= 11 is 0. The van der Waals surface area contributed by atoms with Gasteiger partial charge in [-0.15, -0.1) is 0 Å². The Morgan fingerprint density at radius 2 is 2.12 bits per heavy atom. The smallest absolute Gasteiger partial charge is 0.0701 e. The summed E-state index contributed by atoms with van der Waals surface area (Å²) in [5, 5.41) is 12.4. The largest absolute Gasteiger partial charge is 0.358 e. The molecule has 1 aromatic carbocycles. The molecule has 0 bridgehead atoms. The minimum Gasteiger partial charge on any atom is -0.358 e. The molecule has 0 aliphatic carbocycles. The topological polar surface area (TPSA) is 35.8 Å². The standard InChI is InChI=1S/C14H16N2/c1-9(8-15)11-6-5-7-12-13(11)14(3,4)10(2)16-12/h5-7,9,16H,2H2,1,3-4H3. The first-order chi connectivity index (χ1) is 7.48. The molecule has 0 radical (unpaired) electrons. The molecule has 2 nitrogen and oxygen atoms in total. The highest BCUT2D eigenvalue weighted by Gasteiger charge is 2.36. The van der Waals surface area contributed by atoms with E-state index in [1.807, 2.05) is 25.1 Å². The van der Waals surface area contributed by atoms with Gasteiger partial charge in [-0.2, -0.15) is 5.26 Å². The Morgan fingerprint density at radius 1 is 1.44 bits per heavy atom. The van der Waals surface area contributed by atoms with Gasteiger partial charge in [0.1, 0.15) is 0 Å². The predicted octanol–water partition coefficient (Wildman–Crippen LogP) is 3.53. The van der Waals surface area contributed by atoms with Crippen LogP contribution in [-0.4, -0.2) is 0 Å². The summed E-state index contributed by atoms with van der Waals surface area (Å²) in [4.78, 5) is 0. The van der Waals surface area contributed by atoms with Crippen molar-refractivity contribution in [2.75, 3.05) is 5.32 Å². The minimum atomic E-state index is -0.100. The molecule has 16 heavy (non-hydrogen) atoms. The molecule has 0 spiro atoms. The molecule has 1 heterocycles. The maximum absolute atomic E-state index is 9.06. The molecule has 0 amide bonds. The van der Waals surface area contributed by atoms with Crippen LogP contribution in [0.5, 0.6) is 0 Å². The quantitative estimate of drug-likeness (QED) is 0.773. The van der Waals surface area contributed by atoms with Gasteiger partial charge < -0.3 is 5.32 Å². The van der Waals surface area contributed by atoms with Crippen LogP contribution < -0.4 is 5.32 Å². The van der Waals surface area contributed by atoms with E-state index in [-0.39, 0.29) is 11.3 Å². The van der Waals surface area contributed by atoms with Crippen molar-refractivity contribution >= 4 is 5.69 Å². The first-order valence-corrected chi connectivity index (χ1v) is 5.48. The van der Waals surface area contributed by atoms with Crippen molar-refractivity contribution < 1.29 is 0 Å². The van der Waals surface area contributed by atoms with E-state index in [9.17, 15) is 0 Å². The number of anilines is 1. The van der Waals surface area contributed by atoms with Gasteiger partial charge in [0, 0.05) is 16.8 Å². The third-order valence-electron chi connectivity index (χ3n) is 3.42. The minimum absolute atomic E-state index is 0.0816. The van der Waals surface area contributed by atoms with E-state index >= 15 is 0 Å². The van der Waals surface area contributed by atoms with Crippen molar-refractivity contribution in [3.8, 4) is 6.07 Å². The summed E-state index contributed by atoms with van der Waals surface area (Å²) in [6, 6.07) is 8.38. The molecule has 1 N–H and O–H groups in total. The van der Waals surface area contributed by atoms with Crippen LogP contribution >= 0.6 is 0 Å². The van der Waals surface area contributed by atoms with E-state index in [0.29, 0.717) is 0 Å². The lowest BCUT2D eigenvalue weighted by molar-refractivity contribution is 0.645. The summed E-state index contributed by atoms with van der Waals surface area (Å²) in [5.74, 6) is -0.0816. The van der Waals surface area contributed by atoms with Crippen LogP contribution in [0.25, 0.3) is 0 Å². The fraction of sp³-hybridized carbons (Fsp3) is 0.357. The summed E-state index contributed by atoms with van der Waals surface area (Å²) in [5.41, 5.74) is 4.32. The molecular formula is C14H16N2. The van der Waals surface area contributed by atoms with Gasteiger partial charge in [-0.05, 0) is 24.1 Å². The highest BCUT2D eigenvalue weighted by molar-refractivity contribution is 5.70. The lowest BCUT2D eigenvalue weighted by atomic mass is 9.79. The zero-order valence-corrected chi connectivity index (χ0v) is 9.96. The summed E-state index contributed by atoms with van der Waals surface area (Å²) < 4.78 is 0. The Bertz CT molecular complexity index is 492. The molecule has 2 heteroatoms. The highest BCUT2D eigenvalue weighted by Crippen LogP contribution is 2.45. The Hall–Kier alpha value is -1.75. The lowest BCUT2D eigenvalue weighted by Gasteiger charge is -2.22. The van der Waals surface area contributed by atoms with Gasteiger partial charge in [0.25, 0.3) is 0 Å². The molecule has 0 saturated heterocycles. The van der Waals surface area contributed by atoms with Gasteiger partial charge in [-0.3, -0.25) is 0 Å². The van der Waals surface area contributed by atoms with Crippen molar-refractivity contribution in [1.29, 1.82) is 5.26 Å². The fourth-order valence-electron chi connectivity index (χ4n) is 2.27. The van der Waals surface area contributed by atoms with Crippen LogP contribution in [-0.2, 0) is 5.41 Å². The summed E-state index contributed by atoms with van der Waals surface area (Å²) in [7, 11) is 0. The van der Waals surface area contributed by atoms with Crippen LogP contribution in [0.4, 0.5) is 5.69 Å². The zero-order chi connectivity index (χ0) is 11.9. The van der Waals surface area contributed by atoms with Crippen molar-refractivity contribution in [1.82, 2.24) is 0 Å². The molecule has 1 unspecified atom stereocenters. The monoisotopic (exact) mass is 212 g/mol. The van der Waals surface area contributed by atoms with E-state index in [0.717, 1.165) is 16.9 Å². The third kappa shape index (κ3) is 1.32. The normalized spacial score (nSPS) is 18.5. The van der Waals surface area contributed by atoms with E-state index in [1.54, 1.807) is 0 Å². The van der Waals surface area contributed by atoms with Crippen molar-refractivity contribution in [3.05, 3.63) is 41.6 Å². The Labute approximate surface area is 96.6 Å². The van der Waals surface area contributed by atoms with E-state index in [2.05, 4.69) is 31.8 Å². The van der Waals surface area contributed by atoms with E-state index in [4.69, 9.17) is 5.26 Å². The third-order valence-corrected chi connectivity index (χ3v) is 3.42. The van der Waals surface area contributed by atoms with Crippen LogP contribution in [0.15, 0.2) is 30.5 Å². The molecule has 1 aliphatic rings. The second-order valence-corrected chi connectivity index (χ2v) is 4.85. The van der Waals surface area contributed by atoms with Gasteiger partial charge in [0.2, 0.25) is 0 Å². The molecule has 1 aromatic rings. The van der Waals surface area contributed by atoms with E-state index in [1.165, 1.54) is 5.56 Å². The molecule has 0 fully saturated rings. The van der Waals surface area contributed by atoms with Gasteiger partial charge >= 0.3 is 0 Å². The Balaban J connectivity index is 2.67. The van der Waals surface area contributed by atoms with Gasteiger partial charge in [0.05, 0.1) is 12.0 Å². The zero-order valence-electron chi connectivity index (χ0n) is 9.96. The number of hydrogen-bond donors (Lipinski definition) is 1. The van der Waals surface area contributed by atoms with Crippen LogP contribution in [0.3, 0.4) is 0 Å². The summed E-state index contributed by atoms with van der Waals surface area (Å²) in [6.45, 7) is 10.3. The molecular weight excluding hydrogens is 196 g/mol. The Kier molecular flexibility index (Phi) is 2.27. The number of allylic oxidation sites excluding steroid dienone is 1. The molecule has 0 saturated carbocycles. The van der Waals surface area contributed by atoms with Crippen molar-refractivity contribution in [2.24, 2.45) is 0 Å². The number of nitrogens with zero attached hydrogens (tertiary/aromatic N) is 1. The number of fused-ring (bicyclic) bond motifs is 1. The average Bonchev–Trinajstić information content (AvgIpc) is 2.49. The number of hydrogen-bond acceptors (Lipinski definition) is 2. The van der Waals surface area contributed by atoms with Gasteiger partial charge in [0.15, 0.2) is 0 Å². The number of nitriles is 1. The summed E-state index contributed by atoms with van der Waals surface area (Å²) in [6.07, 6.45) is 0. The van der Waals surface area contributed by atoms with Gasteiger partial charge in [-0.1, -0.05) is 32.6 Å².